The van der Waals surface area contributed by atoms with Crippen LogP contribution >= 0.6 is 44.1 Å². The van der Waals surface area contributed by atoms with Crippen molar-refractivity contribution in [3.63, 3.8) is 0 Å². The molecular weight excluding hydrogens is 526 g/mol. The lowest BCUT2D eigenvalue weighted by Gasteiger charge is -2.13. The maximum absolute atomic E-state index is 12.3. The van der Waals surface area contributed by atoms with E-state index in [-0.39, 0.29) is 17.8 Å². The van der Waals surface area contributed by atoms with Crippen molar-refractivity contribution < 1.29 is 19.1 Å². The van der Waals surface area contributed by atoms with Crippen LogP contribution in [0.15, 0.2) is 51.4 Å². The molecule has 154 valence electrons. The number of rotatable bonds is 6. The fourth-order valence-corrected chi connectivity index (χ4v) is 2.92. The lowest BCUT2D eigenvalue weighted by atomic mass is 10.2. The average Bonchev–Trinajstić information content (AvgIpc) is 2.67. The molecule has 0 fully saturated rings. The van der Waals surface area contributed by atoms with Crippen LogP contribution in [0.1, 0.15) is 24.2 Å². The molecule has 0 saturated heterocycles. The summed E-state index contributed by atoms with van der Waals surface area (Å²) in [5.41, 5.74) is 5.19. The van der Waals surface area contributed by atoms with Gasteiger partial charge in [0.05, 0.1) is 10.6 Å². The lowest BCUT2D eigenvalue weighted by molar-refractivity contribution is -0.123. The first-order chi connectivity index (χ1) is 13.7. The maximum atomic E-state index is 12.3. The number of halogens is 2. The van der Waals surface area contributed by atoms with E-state index in [9.17, 15) is 9.59 Å². The molecule has 3 N–H and O–H groups in total. The molecule has 2 amide bonds. The van der Waals surface area contributed by atoms with Gasteiger partial charge in [0, 0.05) is 10.0 Å². The Labute approximate surface area is 190 Å². The van der Waals surface area contributed by atoms with Crippen LogP contribution < -0.4 is 25.6 Å². The summed E-state index contributed by atoms with van der Waals surface area (Å²) >= 11 is 11.7. The van der Waals surface area contributed by atoms with E-state index in [4.69, 9.17) is 21.7 Å². The van der Waals surface area contributed by atoms with Crippen molar-refractivity contribution in [3.8, 4) is 11.5 Å². The number of hydrogen-bond donors (Lipinski definition) is 3. The third kappa shape index (κ3) is 8.00. The SMILES string of the molecule is CC(C)Oc1ccc(C(=O)NC(=S)NNC(=O)COc2ccc(Br)cc2)cc1Br. The minimum absolute atomic E-state index is 0.0131. The normalized spacial score (nSPS) is 10.2. The molecule has 2 aromatic carbocycles. The smallest absolute Gasteiger partial charge is 0.276 e. The van der Waals surface area contributed by atoms with Crippen molar-refractivity contribution in [2.24, 2.45) is 0 Å². The van der Waals surface area contributed by atoms with Crippen molar-refractivity contribution in [2.75, 3.05) is 6.61 Å². The van der Waals surface area contributed by atoms with Gasteiger partial charge in [-0.05, 0) is 84.5 Å². The monoisotopic (exact) mass is 543 g/mol. The fraction of sp³-hybridized carbons (Fsp3) is 0.211. The molecule has 0 spiro atoms. The van der Waals surface area contributed by atoms with E-state index in [0.717, 1.165) is 4.47 Å². The van der Waals surface area contributed by atoms with Crippen molar-refractivity contribution in [2.45, 2.75) is 20.0 Å². The molecule has 0 aliphatic carbocycles. The van der Waals surface area contributed by atoms with Crippen molar-refractivity contribution in [1.29, 1.82) is 0 Å². The molecular formula is C19H19Br2N3O4S. The lowest BCUT2D eigenvalue weighted by Crippen LogP contribution is -2.49. The number of ether oxygens (including phenoxy) is 2. The van der Waals surface area contributed by atoms with E-state index in [0.29, 0.717) is 21.5 Å². The molecule has 0 radical (unpaired) electrons. The third-order valence-corrected chi connectivity index (χ3v) is 4.64. The first kappa shape index (κ1) is 23.1. The van der Waals surface area contributed by atoms with Gasteiger partial charge in [-0.15, -0.1) is 0 Å². The number of benzene rings is 2. The standard InChI is InChI=1S/C19H19Br2N3O4S/c1-11(2)28-16-8-3-12(9-15(16)21)18(26)22-19(29)24-23-17(25)10-27-14-6-4-13(20)5-7-14/h3-9,11H,10H2,1-2H3,(H,23,25)(H2,22,24,26,29). The molecule has 0 aliphatic rings. The largest absolute Gasteiger partial charge is 0.490 e. The molecule has 0 heterocycles. The molecule has 0 unspecified atom stereocenters. The molecule has 0 atom stereocenters. The summed E-state index contributed by atoms with van der Waals surface area (Å²) in [7, 11) is 0. The topological polar surface area (TPSA) is 88.7 Å². The van der Waals surface area contributed by atoms with Crippen LogP contribution in [0.4, 0.5) is 0 Å². The van der Waals surface area contributed by atoms with Gasteiger partial charge in [0.2, 0.25) is 0 Å². The summed E-state index contributed by atoms with van der Waals surface area (Å²) in [5, 5.41) is 2.43. The molecule has 0 saturated carbocycles. The highest BCUT2D eigenvalue weighted by molar-refractivity contribution is 9.10. The van der Waals surface area contributed by atoms with Gasteiger partial charge in [-0.3, -0.25) is 25.8 Å². The Morgan fingerprint density at radius 1 is 1.07 bits per heavy atom. The van der Waals surface area contributed by atoms with Gasteiger partial charge in [0.25, 0.3) is 11.8 Å². The number of thiocarbonyl (C=S) groups is 1. The van der Waals surface area contributed by atoms with Gasteiger partial charge < -0.3 is 9.47 Å². The van der Waals surface area contributed by atoms with Gasteiger partial charge in [-0.2, -0.15) is 0 Å². The highest BCUT2D eigenvalue weighted by Gasteiger charge is 2.12. The Morgan fingerprint density at radius 2 is 1.76 bits per heavy atom. The molecule has 0 bridgehead atoms. The summed E-state index contributed by atoms with van der Waals surface area (Å²) in [6, 6.07) is 12.0. The van der Waals surface area contributed by atoms with Crippen LogP contribution in [0.5, 0.6) is 11.5 Å². The molecule has 29 heavy (non-hydrogen) atoms. The zero-order valence-corrected chi connectivity index (χ0v) is 19.6. The van der Waals surface area contributed by atoms with Crippen molar-refractivity contribution in [1.82, 2.24) is 16.2 Å². The van der Waals surface area contributed by atoms with Gasteiger partial charge >= 0.3 is 0 Å². The zero-order valence-electron chi connectivity index (χ0n) is 15.6. The fourth-order valence-electron chi connectivity index (χ4n) is 2.04. The average molecular weight is 545 g/mol. The number of hydrogen-bond acceptors (Lipinski definition) is 5. The number of carbonyl (C=O) groups is 2. The summed E-state index contributed by atoms with van der Waals surface area (Å²) < 4.78 is 12.5. The van der Waals surface area contributed by atoms with Crippen LogP contribution in [0, 0.1) is 0 Å². The van der Waals surface area contributed by atoms with E-state index in [1.807, 2.05) is 13.8 Å². The first-order valence-corrected chi connectivity index (χ1v) is 10.5. The highest BCUT2D eigenvalue weighted by Crippen LogP contribution is 2.26. The van der Waals surface area contributed by atoms with E-state index in [1.54, 1.807) is 42.5 Å². The Hall–Kier alpha value is -2.17. The van der Waals surface area contributed by atoms with Gasteiger partial charge in [0.15, 0.2) is 11.7 Å². The number of amides is 2. The van der Waals surface area contributed by atoms with E-state index in [2.05, 4.69) is 48.0 Å². The van der Waals surface area contributed by atoms with E-state index in [1.165, 1.54) is 0 Å². The maximum Gasteiger partial charge on any atom is 0.276 e. The van der Waals surface area contributed by atoms with Crippen LogP contribution in [-0.2, 0) is 4.79 Å². The molecule has 10 heteroatoms. The second-order valence-corrected chi connectivity index (χ2v) is 8.19. The number of nitrogens with one attached hydrogen (secondary N) is 3. The van der Waals surface area contributed by atoms with E-state index >= 15 is 0 Å². The van der Waals surface area contributed by atoms with E-state index < -0.39 is 11.8 Å². The third-order valence-electron chi connectivity index (χ3n) is 3.28. The Balaban J connectivity index is 1.78. The molecule has 2 rings (SSSR count). The summed E-state index contributed by atoms with van der Waals surface area (Å²) in [5.74, 6) is 0.298. The Kier molecular flexibility index (Phi) is 8.87. The minimum Gasteiger partial charge on any atom is -0.490 e. The Bertz CT molecular complexity index is 892. The molecule has 2 aromatic rings. The quantitative estimate of drug-likeness (QED) is 0.379. The van der Waals surface area contributed by atoms with Gasteiger partial charge in [-0.25, -0.2) is 0 Å². The molecule has 0 aliphatic heterocycles. The zero-order chi connectivity index (χ0) is 21.4. The Morgan fingerprint density at radius 3 is 2.38 bits per heavy atom. The van der Waals surface area contributed by atoms with Crippen LogP contribution in [0.2, 0.25) is 0 Å². The van der Waals surface area contributed by atoms with Gasteiger partial charge in [-0.1, -0.05) is 15.9 Å². The summed E-state index contributed by atoms with van der Waals surface area (Å²) in [4.78, 5) is 24.1. The highest BCUT2D eigenvalue weighted by atomic mass is 79.9. The second kappa shape index (κ2) is 11.1. The number of carbonyl (C=O) groups excluding carboxylic acids is 2. The first-order valence-electron chi connectivity index (χ1n) is 8.49. The van der Waals surface area contributed by atoms with Crippen molar-refractivity contribution >= 4 is 61.0 Å². The second-order valence-electron chi connectivity index (χ2n) is 6.01. The predicted molar refractivity (Wildman–Crippen MR) is 121 cm³/mol. The van der Waals surface area contributed by atoms with Crippen LogP contribution in [0.25, 0.3) is 0 Å². The van der Waals surface area contributed by atoms with Crippen molar-refractivity contribution in [3.05, 3.63) is 57.0 Å². The number of hydrazine groups is 1. The minimum atomic E-state index is -0.456. The summed E-state index contributed by atoms with van der Waals surface area (Å²) in [6.45, 7) is 3.61. The van der Waals surface area contributed by atoms with Crippen LogP contribution in [-0.4, -0.2) is 29.6 Å². The summed E-state index contributed by atoms with van der Waals surface area (Å²) in [6.07, 6.45) is 0.0131. The van der Waals surface area contributed by atoms with Gasteiger partial charge in [0.1, 0.15) is 11.5 Å². The predicted octanol–water partition coefficient (Wildman–Crippen LogP) is 3.71. The molecule has 7 nitrogen and oxygen atoms in total. The molecule has 0 aromatic heterocycles. The van der Waals surface area contributed by atoms with Crippen LogP contribution in [0.3, 0.4) is 0 Å².